The van der Waals surface area contributed by atoms with Gasteiger partial charge in [-0.05, 0) is 12.1 Å². The van der Waals surface area contributed by atoms with Crippen molar-refractivity contribution >= 4 is 17.5 Å². The van der Waals surface area contributed by atoms with E-state index in [2.05, 4.69) is 15.0 Å². The molecule has 0 spiro atoms. The lowest BCUT2D eigenvalue weighted by Gasteiger charge is -2.04. The van der Waals surface area contributed by atoms with Crippen molar-refractivity contribution in [2.45, 2.75) is 0 Å². The molecule has 0 bridgehead atoms. The third-order valence-corrected chi connectivity index (χ3v) is 1.67. The molecular formula is C9H10N4O2. The summed E-state index contributed by atoms with van der Waals surface area (Å²) < 4.78 is 4.43. The van der Waals surface area contributed by atoms with Gasteiger partial charge in [0.15, 0.2) is 5.69 Å². The Bertz CT molecular complexity index is 411. The molecule has 0 radical (unpaired) electrons. The Morgan fingerprint density at radius 3 is 3.07 bits per heavy atom. The van der Waals surface area contributed by atoms with Crippen LogP contribution in [0.2, 0.25) is 0 Å². The summed E-state index contributed by atoms with van der Waals surface area (Å²) in [5, 5.41) is 11.4. The van der Waals surface area contributed by atoms with E-state index in [0.29, 0.717) is 11.5 Å². The van der Waals surface area contributed by atoms with Crippen molar-refractivity contribution in [3.05, 3.63) is 17.8 Å². The first-order valence-corrected chi connectivity index (χ1v) is 4.14. The van der Waals surface area contributed by atoms with Crippen molar-refractivity contribution in [1.82, 2.24) is 4.98 Å². The highest BCUT2D eigenvalue weighted by Gasteiger charge is 2.03. The van der Waals surface area contributed by atoms with E-state index in [1.54, 1.807) is 12.1 Å². The number of nitrogens with zero attached hydrogens (tertiary/aromatic N) is 2. The molecule has 1 aromatic heterocycles. The molecule has 0 aromatic carbocycles. The Balaban J connectivity index is 2.71. The molecule has 0 saturated heterocycles. The highest BCUT2D eigenvalue weighted by molar-refractivity contribution is 5.74. The minimum absolute atomic E-state index is 0.00170. The van der Waals surface area contributed by atoms with E-state index in [9.17, 15) is 4.79 Å². The monoisotopic (exact) mass is 206 g/mol. The fourth-order valence-corrected chi connectivity index (χ4v) is 0.893. The van der Waals surface area contributed by atoms with Crippen molar-refractivity contribution in [2.75, 3.05) is 24.7 Å². The number of nitrogens with two attached hydrogens (primary N) is 1. The second kappa shape index (κ2) is 4.81. The largest absolute Gasteiger partial charge is 0.468 e. The number of nitriles is 1. The summed E-state index contributed by atoms with van der Waals surface area (Å²) in [6.45, 7) is -0.00170. The van der Waals surface area contributed by atoms with Crippen LogP contribution in [-0.2, 0) is 9.53 Å². The van der Waals surface area contributed by atoms with Crippen LogP contribution < -0.4 is 11.1 Å². The summed E-state index contributed by atoms with van der Waals surface area (Å²) in [6, 6.07) is 4.97. The Morgan fingerprint density at radius 2 is 2.47 bits per heavy atom. The van der Waals surface area contributed by atoms with Crippen molar-refractivity contribution in [3.8, 4) is 6.07 Å². The number of pyridine rings is 1. The van der Waals surface area contributed by atoms with Crippen LogP contribution in [0.4, 0.5) is 11.5 Å². The number of carbonyl (C=O) groups is 1. The molecule has 6 nitrogen and oxygen atoms in total. The number of rotatable bonds is 3. The number of methoxy groups -OCH3 is 1. The van der Waals surface area contributed by atoms with Crippen LogP contribution in [0.5, 0.6) is 0 Å². The number of hydrogen-bond donors (Lipinski definition) is 2. The van der Waals surface area contributed by atoms with Gasteiger partial charge >= 0.3 is 5.97 Å². The van der Waals surface area contributed by atoms with Gasteiger partial charge in [0.2, 0.25) is 0 Å². The van der Waals surface area contributed by atoms with Crippen LogP contribution in [0.15, 0.2) is 12.1 Å². The molecule has 0 aliphatic heterocycles. The molecule has 0 amide bonds. The quantitative estimate of drug-likeness (QED) is 0.681. The van der Waals surface area contributed by atoms with Gasteiger partial charge in [-0.15, -0.1) is 0 Å². The summed E-state index contributed by atoms with van der Waals surface area (Å²) in [5.41, 5.74) is 5.91. The molecule has 1 rings (SSSR count). The maximum atomic E-state index is 10.8. The molecular weight excluding hydrogens is 196 g/mol. The number of carbonyl (C=O) groups excluding carboxylic acids is 1. The minimum Gasteiger partial charge on any atom is -0.468 e. The lowest BCUT2D eigenvalue weighted by molar-refractivity contribution is -0.138. The van der Waals surface area contributed by atoms with Gasteiger partial charge in [0.1, 0.15) is 18.4 Å². The van der Waals surface area contributed by atoms with Crippen molar-refractivity contribution < 1.29 is 9.53 Å². The van der Waals surface area contributed by atoms with Gasteiger partial charge in [-0.2, -0.15) is 5.26 Å². The maximum absolute atomic E-state index is 10.8. The Morgan fingerprint density at radius 1 is 1.73 bits per heavy atom. The van der Waals surface area contributed by atoms with E-state index in [1.165, 1.54) is 7.11 Å². The molecule has 0 unspecified atom stereocenters. The van der Waals surface area contributed by atoms with Crippen molar-refractivity contribution in [2.24, 2.45) is 0 Å². The molecule has 0 saturated carbocycles. The predicted molar refractivity (Wildman–Crippen MR) is 53.9 cm³/mol. The standard InChI is InChI=1S/C9H10N4O2/c1-15-9(14)5-12-8-3-2-6(11)7(4-10)13-8/h2-3H,5,11H2,1H3,(H,12,13). The molecule has 0 aliphatic rings. The highest BCUT2D eigenvalue weighted by atomic mass is 16.5. The van der Waals surface area contributed by atoms with E-state index in [0.717, 1.165) is 0 Å². The maximum Gasteiger partial charge on any atom is 0.325 e. The third-order valence-electron chi connectivity index (χ3n) is 1.67. The van der Waals surface area contributed by atoms with E-state index in [4.69, 9.17) is 11.0 Å². The zero-order chi connectivity index (χ0) is 11.3. The average Bonchev–Trinajstić information content (AvgIpc) is 2.27. The number of hydrogen-bond acceptors (Lipinski definition) is 6. The normalized spacial score (nSPS) is 9.07. The zero-order valence-electron chi connectivity index (χ0n) is 8.15. The zero-order valence-corrected chi connectivity index (χ0v) is 8.15. The SMILES string of the molecule is COC(=O)CNc1ccc(N)c(C#N)n1. The summed E-state index contributed by atoms with van der Waals surface area (Å²) >= 11 is 0. The van der Waals surface area contributed by atoms with Gasteiger partial charge in [-0.3, -0.25) is 4.79 Å². The van der Waals surface area contributed by atoms with Gasteiger partial charge in [0.05, 0.1) is 12.8 Å². The van der Waals surface area contributed by atoms with E-state index in [-0.39, 0.29) is 12.2 Å². The number of anilines is 2. The van der Waals surface area contributed by atoms with Crippen LogP contribution >= 0.6 is 0 Å². The van der Waals surface area contributed by atoms with Gasteiger partial charge < -0.3 is 15.8 Å². The van der Waals surface area contributed by atoms with Crippen LogP contribution in [0.3, 0.4) is 0 Å². The molecule has 78 valence electrons. The van der Waals surface area contributed by atoms with Gasteiger partial charge in [0.25, 0.3) is 0 Å². The first-order valence-electron chi connectivity index (χ1n) is 4.14. The molecule has 1 heterocycles. The summed E-state index contributed by atoms with van der Waals surface area (Å²) in [4.78, 5) is 14.7. The lowest BCUT2D eigenvalue weighted by Crippen LogP contribution is -2.16. The lowest BCUT2D eigenvalue weighted by atomic mass is 10.3. The summed E-state index contributed by atoms with van der Waals surface area (Å²) in [5.74, 6) is -0.00159. The summed E-state index contributed by atoms with van der Waals surface area (Å²) in [6.07, 6.45) is 0. The molecule has 0 atom stereocenters. The topological polar surface area (TPSA) is 101 Å². The number of esters is 1. The number of aromatic nitrogens is 1. The summed E-state index contributed by atoms with van der Waals surface area (Å²) in [7, 11) is 1.29. The Labute approximate surface area is 86.7 Å². The van der Waals surface area contributed by atoms with Gasteiger partial charge in [-0.1, -0.05) is 0 Å². The first kappa shape index (κ1) is 10.8. The van der Waals surface area contributed by atoms with E-state index >= 15 is 0 Å². The Hall–Kier alpha value is -2.29. The van der Waals surface area contributed by atoms with E-state index < -0.39 is 5.97 Å². The first-order chi connectivity index (χ1) is 7.17. The van der Waals surface area contributed by atoms with Crippen LogP contribution in [0, 0.1) is 11.3 Å². The number of nitrogen functional groups attached to an aromatic ring is 1. The molecule has 3 N–H and O–H groups in total. The fraction of sp³-hybridized carbons (Fsp3) is 0.222. The minimum atomic E-state index is -0.410. The smallest absolute Gasteiger partial charge is 0.325 e. The van der Waals surface area contributed by atoms with Crippen LogP contribution in [-0.4, -0.2) is 24.6 Å². The fourth-order valence-electron chi connectivity index (χ4n) is 0.893. The third kappa shape index (κ3) is 2.84. The molecule has 0 fully saturated rings. The second-order valence-corrected chi connectivity index (χ2v) is 2.68. The van der Waals surface area contributed by atoms with Crippen LogP contribution in [0.25, 0.3) is 0 Å². The number of ether oxygens (including phenoxy) is 1. The average molecular weight is 206 g/mol. The van der Waals surface area contributed by atoms with Gasteiger partial charge in [0, 0.05) is 0 Å². The van der Waals surface area contributed by atoms with Crippen molar-refractivity contribution in [1.29, 1.82) is 5.26 Å². The van der Waals surface area contributed by atoms with Crippen molar-refractivity contribution in [3.63, 3.8) is 0 Å². The predicted octanol–water partition coefficient (Wildman–Crippen LogP) is 0.120. The van der Waals surface area contributed by atoms with Crippen LogP contribution in [0.1, 0.15) is 5.69 Å². The van der Waals surface area contributed by atoms with E-state index in [1.807, 2.05) is 6.07 Å². The molecule has 1 aromatic rings. The highest BCUT2D eigenvalue weighted by Crippen LogP contribution is 2.11. The number of nitrogens with one attached hydrogen (secondary N) is 1. The van der Waals surface area contributed by atoms with Gasteiger partial charge in [-0.25, -0.2) is 4.98 Å². The second-order valence-electron chi connectivity index (χ2n) is 2.68. The Kier molecular flexibility index (Phi) is 3.46. The molecule has 6 heteroatoms. The molecule has 0 aliphatic carbocycles. The molecule has 15 heavy (non-hydrogen) atoms.